The molecule has 0 unspecified atom stereocenters. The monoisotopic (exact) mass is 511 g/mol. The zero-order valence-electron chi connectivity index (χ0n) is 20.8. The third-order valence-corrected chi connectivity index (χ3v) is 5.59. The molecule has 2 aromatic carbocycles. The summed E-state index contributed by atoms with van der Waals surface area (Å²) in [4.78, 5) is 25.9. The minimum atomic E-state index is -1.22. The molecule has 2 atom stereocenters. The number of methoxy groups -OCH3 is 2. The van der Waals surface area contributed by atoms with Crippen LogP contribution in [-0.2, 0) is 13.1 Å². The SMILES string of the molecule is COc1ccc(OC[C@H](O)Cn2c(C)c(C#N)c(=O)n(C[C@@H](O)COc3ccc(OC)cc3)c2=O)cc1. The molecule has 0 spiro atoms. The molecule has 0 saturated carbocycles. The number of rotatable bonds is 12. The highest BCUT2D eigenvalue weighted by atomic mass is 16.5. The van der Waals surface area contributed by atoms with Gasteiger partial charge in [0.25, 0.3) is 5.56 Å². The van der Waals surface area contributed by atoms with Gasteiger partial charge >= 0.3 is 5.69 Å². The Kier molecular flexibility index (Phi) is 9.32. The molecule has 2 N–H and O–H groups in total. The number of ether oxygens (including phenoxy) is 4. The molecule has 0 aliphatic rings. The van der Waals surface area contributed by atoms with E-state index in [2.05, 4.69) is 0 Å². The van der Waals surface area contributed by atoms with Crippen LogP contribution >= 0.6 is 0 Å². The highest BCUT2D eigenvalue weighted by molar-refractivity contribution is 5.32. The van der Waals surface area contributed by atoms with Crippen LogP contribution in [0.25, 0.3) is 0 Å². The minimum Gasteiger partial charge on any atom is -0.497 e. The van der Waals surface area contributed by atoms with Crippen LogP contribution in [0.2, 0.25) is 0 Å². The lowest BCUT2D eigenvalue weighted by Crippen LogP contribution is -2.47. The van der Waals surface area contributed by atoms with Gasteiger partial charge in [0.15, 0.2) is 0 Å². The summed E-state index contributed by atoms with van der Waals surface area (Å²) >= 11 is 0. The van der Waals surface area contributed by atoms with Crippen LogP contribution < -0.4 is 30.2 Å². The lowest BCUT2D eigenvalue weighted by Gasteiger charge is -2.19. The highest BCUT2D eigenvalue weighted by Gasteiger charge is 2.20. The largest absolute Gasteiger partial charge is 0.497 e. The summed E-state index contributed by atoms with van der Waals surface area (Å²) in [7, 11) is 3.08. The average Bonchev–Trinajstić information content (AvgIpc) is 2.92. The first-order valence-electron chi connectivity index (χ1n) is 11.4. The van der Waals surface area contributed by atoms with E-state index in [0.717, 1.165) is 9.13 Å². The van der Waals surface area contributed by atoms with E-state index in [1.54, 1.807) is 55.6 Å². The predicted molar refractivity (Wildman–Crippen MR) is 133 cm³/mol. The number of hydrogen-bond acceptors (Lipinski definition) is 9. The predicted octanol–water partition coefficient (Wildman–Crippen LogP) is 1.09. The molecule has 1 heterocycles. The molecule has 0 saturated heterocycles. The number of aromatic nitrogens is 2. The fraction of sp³-hybridized carbons (Fsp3) is 0.346. The van der Waals surface area contributed by atoms with E-state index in [-0.39, 0.29) is 31.0 Å². The third kappa shape index (κ3) is 6.91. The van der Waals surface area contributed by atoms with Gasteiger partial charge in [-0.15, -0.1) is 0 Å². The molecule has 0 radical (unpaired) electrons. The molecule has 1 aromatic heterocycles. The Hall–Kier alpha value is -4.27. The maximum absolute atomic E-state index is 13.1. The summed E-state index contributed by atoms with van der Waals surface area (Å²) < 4.78 is 23.1. The van der Waals surface area contributed by atoms with E-state index in [9.17, 15) is 25.1 Å². The summed E-state index contributed by atoms with van der Waals surface area (Å²) in [6.45, 7) is 0.477. The van der Waals surface area contributed by atoms with Crippen LogP contribution in [0, 0.1) is 18.3 Å². The van der Waals surface area contributed by atoms with Gasteiger partial charge < -0.3 is 29.2 Å². The Balaban J connectivity index is 1.72. The van der Waals surface area contributed by atoms with E-state index in [1.807, 2.05) is 6.07 Å². The van der Waals surface area contributed by atoms with Crippen LogP contribution in [0.5, 0.6) is 23.0 Å². The molecule has 0 aliphatic carbocycles. The Bertz CT molecular complexity index is 1340. The Morgan fingerprint density at radius 2 is 1.19 bits per heavy atom. The van der Waals surface area contributed by atoms with Crippen molar-refractivity contribution in [3.8, 4) is 29.1 Å². The zero-order chi connectivity index (χ0) is 26.9. The van der Waals surface area contributed by atoms with Gasteiger partial charge in [-0.2, -0.15) is 5.26 Å². The Morgan fingerprint density at radius 3 is 1.59 bits per heavy atom. The number of aliphatic hydroxyl groups is 2. The summed E-state index contributed by atoms with van der Waals surface area (Å²) in [5.41, 5.74) is -1.74. The molecule has 196 valence electrons. The van der Waals surface area contributed by atoms with Gasteiger partial charge in [-0.25, -0.2) is 4.79 Å². The molecule has 0 fully saturated rings. The normalized spacial score (nSPS) is 12.3. The highest BCUT2D eigenvalue weighted by Crippen LogP contribution is 2.18. The number of hydrogen-bond donors (Lipinski definition) is 2. The van der Waals surface area contributed by atoms with Crippen molar-refractivity contribution in [2.24, 2.45) is 0 Å². The summed E-state index contributed by atoms with van der Waals surface area (Å²) in [6.07, 6.45) is -2.35. The number of nitriles is 1. The Labute approximate surface area is 213 Å². The molecular formula is C26H29N3O8. The maximum atomic E-state index is 13.1. The van der Waals surface area contributed by atoms with E-state index >= 15 is 0 Å². The molecular weight excluding hydrogens is 482 g/mol. The van der Waals surface area contributed by atoms with Gasteiger partial charge in [0, 0.05) is 5.69 Å². The van der Waals surface area contributed by atoms with Crippen molar-refractivity contribution >= 4 is 0 Å². The van der Waals surface area contributed by atoms with Gasteiger partial charge in [0.1, 0.15) is 60.1 Å². The fourth-order valence-electron chi connectivity index (χ4n) is 3.56. The summed E-state index contributed by atoms with van der Waals surface area (Å²) in [5, 5.41) is 30.5. The van der Waals surface area contributed by atoms with Gasteiger partial charge in [0.2, 0.25) is 0 Å². The van der Waals surface area contributed by atoms with Crippen LogP contribution in [0.1, 0.15) is 11.3 Å². The maximum Gasteiger partial charge on any atom is 0.331 e. The minimum absolute atomic E-state index is 0.112. The first-order chi connectivity index (χ1) is 17.8. The Morgan fingerprint density at radius 1 is 0.784 bits per heavy atom. The van der Waals surface area contributed by atoms with Crippen molar-refractivity contribution in [3.05, 3.63) is 80.6 Å². The summed E-state index contributed by atoms with van der Waals surface area (Å²) in [6, 6.07) is 15.2. The van der Waals surface area contributed by atoms with Gasteiger partial charge in [-0.3, -0.25) is 13.9 Å². The van der Waals surface area contributed by atoms with Crippen LogP contribution in [0.4, 0.5) is 0 Å². The molecule has 3 rings (SSSR count). The van der Waals surface area contributed by atoms with E-state index in [0.29, 0.717) is 23.0 Å². The number of benzene rings is 2. The first kappa shape index (κ1) is 27.3. The van der Waals surface area contributed by atoms with E-state index in [1.165, 1.54) is 14.0 Å². The molecule has 0 amide bonds. The first-order valence-corrected chi connectivity index (χ1v) is 11.4. The van der Waals surface area contributed by atoms with Crippen LogP contribution in [0.3, 0.4) is 0 Å². The van der Waals surface area contributed by atoms with E-state index < -0.39 is 30.0 Å². The fourth-order valence-corrected chi connectivity index (χ4v) is 3.56. The van der Waals surface area contributed by atoms with Crippen molar-refractivity contribution in [1.82, 2.24) is 9.13 Å². The lowest BCUT2D eigenvalue weighted by atomic mass is 10.2. The molecule has 0 bridgehead atoms. The number of aliphatic hydroxyl groups excluding tert-OH is 2. The quantitative estimate of drug-likeness (QED) is 0.365. The van der Waals surface area contributed by atoms with Crippen LogP contribution in [0.15, 0.2) is 58.1 Å². The molecule has 11 nitrogen and oxygen atoms in total. The second-order valence-corrected chi connectivity index (χ2v) is 8.16. The second kappa shape index (κ2) is 12.6. The molecule has 11 heteroatoms. The van der Waals surface area contributed by atoms with Crippen LogP contribution in [-0.4, -0.2) is 59.0 Å². The molecule has 37 heavy (non-hydrogen) atoms. The van der Waals surface area contributed by atoms with Crippen molar-refractivity contribution in [2.45, 2.75) is 32.2 Å². The average molecular weight is 512 g/mol. The third-order valence-electron chi connectivity index (χ3n) is 5.59. The van der Waals surface area contributed by atoms with Gasteiger partial charge in [0.05, 0.1) is 27.3 Å². The lowest BCUT2D eigenvalue weighted by molar-refractivity contribution is 0.0839. The molecule has 3 aromatic rings. The van der Waals surface area contributed by atoms with Crippen molar-refractivity contribution in [1.29, 1.82) is 5.26 Å². The number of nitrogens with zero attached hydrogens (tertiary/aromatic N) is 3. The van der Waals surface area contributed by atoms with E-state index in [4.69, 9.17) is 18.9 Å². The second-order valence-electron chi connectivity index (χ2n) is 8.16. The zero-order valence-corrected chi connectivity index (χ0v) is 20.8. The van der Waals surface area contributed by atoms with Crippen molar-refractivity contribution < 1.29 is 29.2 Å². The standard InChI is InChI=1S/C26H29N3O8/c1-17-24(12-27)25(32)29(14-19(31)16-37-23-10-6-21(35-3)7-11-23)26(33)28(17)13-18(30)15-36-22-8-4-20(34-2)5-9-22/h4-11,18-19,30-31H,13-16H2,1-3H3/t18-,19-/m1/s1. The van der Waals surface area contributed by atoms with Crippen molar-refractivity contribution in [2.75, 3.05) is 27.4 Å². The molecule has 0 aliphatic heterocycles. The van der Waals surface area contributed by atoms with Gasteiger partial charge in [-0.05, 0) is 55.5 Å². The summed E-state index contributed by atoms with van der Waals surface area (Å²) in [5.74, 6) is 2.25. The van der Waals surface area contributed by atoms with Crippen molar-refractivity contribution in [3.63, 3.8) is 0 Å². The topological polar surface area (TPSA) is 145 Å². The smallest absolute Gasteiger partial charge is 0.331 e. The van der Waals surface area contributed by atoms with Gasteiger partial charge in [-0.1, -0.05) is 0 Å².